The van der Waals surface area contributed by atoms with Crippen molar-refractivity contribution in [2.75, 3.05) is 13.2 Å². The van der Waals surface area contributed by atoms with E-state index in [1.807, 2.05) is 24.8 Å². The minimum atomic E-state index is 0.0615. The van der Waals surface area contributed by atoms with Crippen LogP contribution >= 0.6 is 0 Å². The molecule has 0 radical (unpaired) electrons. The molecular formula is C28H31NO3. The van der Waals surface area contributed by atoms with Crippen LogP contribution in [0.15, 0.2) is 40.8 Å². The average Bonchev–Trinajstić information content (AvgIpc) is 3.19. The van der Waals surface area contributed by atoms with Crippen LogP contribution in [0.2, 0.25) is 0 Å². The summed E-state index contributed by atoms with van der Waals surface area (Å²) < 4.78 is 12.4. The van der Waals surface area contributed by atoms with Gasteiger partial charge in [-0.15, -0.1) is 0 Å². The molecule has 3 aromatic rings. The molecule has 4 heteroatoms. The SMILES string of the molecule is CCOc1c(/C(C)=C/C(=O)N2CCc3ccccc3C2)cc2c3c(oc2c1C)CCCC3. The molecule has 1 aromatic heterocycles. The molecular weight excluding hydrogens is 398 g/mol. The zero-order valence-corrected chi connectivity index (χ0v) is 19.3. The van der Waals surface area contributed by atoms with Crippen LogP contribution in [-0.4, -0.2) is 24.0 Å². The van der Waals surface area contributed by atoms with E-state index < -0.39 is 0 Å². The Morgan fingerprint density at radius 3 is 2.75 bits per heavy atom. The van der Waals surface area contributed by atoms with E-state index in [4.69, 9.17) is 9.15 Å². The lowest BCUT2D eigenvalue weighted by molar-refractivity contribution is -0.126. The maximum absolute atomic E-state index is 13.2. The van der Waals surface area contributed by atoms with Gasteiger partial charge in [0.2, 0.25) is 5.91 Å². The van der Waals surface area contributed by atoms with E-state index in [0.29, 0.717) is 13.2 Å². The van der Waals surface area contributed by atoms with Gasteiger partial charge < -0.3 is 14.1 Å². The summed E-state index contributed by atoms with van der Waals surface area (Å²) in [6.45, 7) is 8.09. The molecule has 0 saturated heterocycles. The highest BCUT2D eigenvalue weighted by molar-refractivity contribution is 5.98. The highest BCUT2D eigenvalue weighted by atomic mass is 16.5. The van der Waals surface area contributed by atoms with Gasteiger partial charge in [0.25, 0.3) is 0 Å². The monoisotopic (exact) mass is 429 g/mol. The van der Waals surface area contributed by atoms with Gasteiger partial charge in [0.05, 0.1) is 6.61 Å². The van der Waals surface area contributed by atoms with Crippen LogP contribution in [0.5, 0.6) is 5.75 Å². The number of carbonyl (C=O) groups excluding carboxylic acids is 1. The van der Waals surface area contributed by atoms with Gasteiger partial charge in [-0.05, 0) is 69.2 Å². The largest absolute Gasteiger partial charge is 0.493 e. The van der Waals surface area contributed by atoms with Crippen molar-refractivity contribution < 1.29 is 13.9 Å². The smallest absolute Gasteiger partial charge is 0.247 e. The molecule has 1 aliphatic heterocycles. The molecule has 0 N–H and O–H groups in total. The highest BCUT2D eigenvalue weighted by Gasteiger charge is 2.24. The number of ether oxygens (including phenoxy) is 1. The lowest BCUT2D eigenvalue weighted by atomic mass is 9.92. The van der Waals surface area contributed by atoms with Crippen LogP contribution < -0.4 is 4.74 Å². The van der Waals surface area contributed by atoms with Gasteiger partial charge in [0, 0.05) is 47.7 Å². The zero-order chi connectivity index (χ0) is 22.2. The summed E-state index contributed by atoms with van der Waals surface area (Å²) in [4.78, 5) is 15.1. The summed E-state index contributed by atoms with van der Waals surface area (Å²) in [5.41, 5.74) is 7.84. The van der Waals surface area contributed by atoms with E-state index in [-0.39, 0.29) is 5.91 Å². The Morgan fingerprint density at radius 1 is 1.16 bits per heavy atom. The van der Waals surface area contributed by atoms with Gasteiger partial charge >= 0.3 is 0 Å². The molecule has 2 aliphatic rings. The van der Waals surface area contributed by atoms with Crippen molar-refractivity contribution in [3.63, 3.8) is 0 Å². The number of nitrogens with zero attached hydrogens (tertiary/aromatic N) is 1. The lowest BCUT2D eigenvalue weighted by Crippen LogP contribution is -2.34. The van der Waals surface area contributed by atoms with Crippen molar-refractivity contribution in [3.8, 4) is 5.75 Å². The fraction of sp³-hybridized carbons (Fsp3) is 0.393. The number of furan rings is 1. The van der Waals surface area contributed by atoms with E-state index in [0.717, 1.165) is 59.6 Å². The maximum Gasteiger partial charge on any atom is 0.247 e. The van der Waals surface area contributed by atoms with Crippen molar-refractivity contribution in [2.24, 2.45) is 0 Å². The molecule has 0 unspecified atom stereocenters. The van der Waals surface area contributed by atoms with Crippen LogP contribution in [0.25, 0.3) is 16.5 Å². The van der Waals surface area contributed by atoms with Gasteiger partial charge in [0.15, 0.2) is 0 Å². The van der Waals surface area contributed by atoms with E-state index in [2.05, 4.69) is 31.2 Å². The Morgan fingerprint density at radius 2 is 1.94 bits per heavy atom. The normalized spacial score (nSPS) is 16.1. The molecule has 1 amide bonds. The summed E-state index contributed by atoms with van der Waals surface area (Å²) in [5.74, 6) is 2.02. The molecule has 2 aromatic carbocycles. The Kier molecular flexibility index (Phi) is 5.54. The van der Waals surface area contributed by atoms with Crippen LogP contribution in [0, 0.1) is 6.92 Å². The molecule has 0 atom stereocenters. The van der Waals surface area contributed by atoms with Gasteiger partial charge in [0.1, 0.15) is 17.1 Å². The first-order valence-electron chi connectivity index (χ1n) is 11.8. The number of hydrogen-bond acceptors (Lipinski definition) is 3. The molecule has 0 bridgehead atoms. The van der Waals surface area contributed by atoms with Crippen molar-refractivity contribution in [1.29, 1.82) is 0 Å². The summed E-state index contributed by atoms with van der Waals surface area (Å²) in [7, 11) is 0. The first kappa shape index (κ1) is 20.9. The lowest BCUT2D eigenvalue weighted by Gasteiger charge is -2.28. The number of rotatable bonds is 4. The average molecular weight is 430 g/mol. The third-order valence-electron chi connectivity index (χ3n) is 6.92. The minimum absolute atomic E-state index is 0.0615. The van der Waals surface area contributed by atoms with Crippen molar-refractivity contribution in [3.05, 3.63) is 70.0 Å². The van der Waals surface area contributed by atoms with Crippen molar-refractivity contribution >= 4 is 22.4 Å². The Balaban J connectivity index is 1.52. The van der Waals surface area contributed by atoms with Crippen LogP contribution in [0.4, 0.5) is 0 Å². The van der Waals surface area contributed by atoms with Crippen molar-refractivity contribution in [1.82, 2.24) is 4.90 Å². The molecule has 4 nitrogen and oxygen atoms in total. The van der Waals surface area contributed by atoms with E-state index in [1.165, 1.54) is 34.9 Å². The highest BCUT2D eigenvalue weighted by Crippen LogP contribution is 2.41. The number of hydrogen-bond donors (Lipinski definition) is 0. The van der Waals surface area contributed by atoms with Gasteiger partial charge in [-0.1, -0.05) is 24.3 Å². The third kappa shape index (κ3) is 3.62. The number of aryl methyl sites for hydroxylation is 3. The standard InChI is InChI=1S/C28H31NO3/c1-4-31-27-19(3)28-24(22-11-7-8-12-25(22)32-28)16-23(27)18(2)15-26(30)29-14-13-20-9-5-6-10-21(20)17-29/h5-6,9-10,15-16H,4,7-8,11-14,17H2,1-3H3/b18-15+. The summed E-state index contributed by atoms with van der Waals surface area (Å²) in [6.07, 6.45) is 7.14. The Labute approximate surface area is 189 Å². The maximum atomic E-state index is 13.2. The predicted molar refractivity (Wildman–Crippen MR) is 128 cm³/mol. The van der Waals surface area contributed by atoms with Crippen LogP contribution in [0.1, 0.15) is 60.3 Å². The minimum Gasteiger partial charge on any atom is -0.493 e. The first-order valence-corrected chi connectivity index (χ1v) is 11.8. The number of carbonyl (C=O) groups is 1. The van der Waals surface area contributed by atoms with Crippen LogP contribution in [-0.2, 0) is 30.6 Å². The molecule has 0 spiro atoms. The number of amides is 1. The fourth-order valence-electron chi connectivity index (χ4n) is 5.20. The number of allylic oxidation sites excluding steroid dienone is 1. The molecule has 32 heavy (non-hydrogen) atoms. The molecule has 1 aliphatic carbocycles. The fourth-order valence-corrected chi connectivity index (χ4v) is 5.20. The molecule has 2 heterocycles. The molecule has 166 valence electrons. The summed E-state index contributed by atoms with van der Waals surface area (Å²) in [5, 5.41) is 1.18. The summed E-state index contributed by atoms with van der Waals surface area (Å²) >= 11 is 0. The molecule has 0 fully saturated rings. The topological polar surface area (TPSA) is 42.7 Å². The van der Waals surface area contributed by atoms with Gasteiger partial charge in [-0.3, -0.25) is 4.79 Å². The van der Waals surface area contributed by atoms with Gasteiger partial charge in [-0.2, -0.15) is 0 Å². The second-order valence-corrected chi connectivity index (χ2v) is 9.00. The number of fused-ring (bicyclic) bond motifs is 4. The molecule has 0 saturated carbocycles. The van der Waals surface area contributed by atoms with Crippen LogP contribution in [0.3, 0.4) is 0 Å². The summed E-state index contributed by atoms with van der Waals surface area (Å²) in [6, 6.07) is 10.6. The first-order chi connectivity index (χ1) is 15.6. The predicted octanol–water partition coefficient (Wildman–Crippen LogP) is 6.01. The second-order valence-electron chi connectivity index (χ2n) is 9.00. The van der Waals surface area contributed by atoms with E-state index in [9.17, 15) is 4.79 Å². The quantitative estimate of drug-likeness (QED) is 0.477. The third-order valence-corrected chi connectivity index (χ3v) is 6.92. The Hall–Kier alpha value is -3.01. The van der Waals surface area contributed by atoms with E-state index in [1.54, 1.807) is 6.08 Å². The zero-order valence-electron chi connectivity index (χ0n) is 19.3. The molecule has 5 rings (SSSR count). The number of benzene rings is 2. The second kappa shape index (κ2) is 8.50. The Bertz CT molecular complexity index is 1220. The van der Waals surface area contributed by atoms with Gasteiger partial charge in [-0.25, -0.2) is 0 Å². The van der Waals surface area contributed by atoms with Crippen molar-refractivity contribution in [2.45, 2.75) is 59.4 Å². The van der Waals surface area contributed by atoms with E-state index >= 15 is 0 Å².